The molecule has 0 saturated carbocycles. The van der Waals surface area contributed by atoms with Gasteiger partial charge >= 0.3 is 5.97 Å². The van der Waals surface area contributed by atoms with E-state index in [0.717, 1.165) is 26.2 Å². The van der Waals surface area contributed by atoms with Gasteiger partial charge < -0.3 is 10.1 Å². The van der Waals surface area contributed by atoms with E-state index in [1.807, 2.05) is 0 Å². The molecule has 1 aliphatic heterocycles. The molecule has 1 fully saturated rings. The van der Waals surface area contributed by atoms with Crippen LogP contribution in [0.15, 0.2) is 0 Å². The van der Waals surface area contributed by atoms with Crippen molar-refractivity contribution in [2.75, 3.05) is 39.3 Å². The number of Topliss-reactive ketones (excluding diaryl/α,β-unsaturated/α-hetero) is 1. The summed E-state index contributed by atoms with van der Waals surface area (Å²) >= 11 is 0. The number of ether oxygens (including phenoxy) is 1. The zero-order valence-corrected chi connectivity index (χ0v) is 9.83. The van der Waals surface area contributed by atoms with Crippen molar-refractivity contribution in [2.24, 2.45) is 0 Å². The topological polar surface area (TPSA) is 58.6 Å². The predicted octanol–water partition coefficient (Wildman–Crippen LogP) is -0.196. The van der Waals surface area contributed by atoms with Crippen molar-refractivity contribution < 1.29 is 14.3 Å². The van der Waals surface area contributed by atoms with Gasteiger partial charge in [0.25, 0.3) is 0 Å². The van der Waals surface area contributed by atoms with Gasteiger partial charge in [-0.25, -0.2) is 0 Å². The number of hydrogen-bond acceptors (Lipinski definition) is 5. The molecule has 0 radical (unpaired) electrons. The zero-order chi connectivity index (χ0) is 11.8. The van der Waals surface area contributed by atoms with E-state index < -0.39 is 0 Å². The first kappa shape index (κ1) is 13.1. The Morgan fingerprint density at radius 2 is 1.94 bits per heavy atom. The number of carbonyl (C=O) groups is 2. The fraction of sp³-hybridized carbons (Fsp3) is 0.818. The van der Waals surface area contributed by atoms with Crippen LogP contribution in [0.2, 0.25) is 0 Å². The van der Waals surface area contributed by atoms with Crippen LogP contribution >= 0.6 is 0 Å². The Hall–Kier alpha value is -0.940. The maximum Gasteiger partial charge on any atom is 0.306 e. The number of hydrogen-bond donors (Lipinski definition) is 1. The van der Waals surface area contributed by atoms with Crippen molar-refractivity contribution in [3.8, 4) is 0 Å². The highest BCUT2D eigenvalue weighted by Crippen LogP contribution is 1.98. The van der Waals surface area contributed by atoms with E-state index >= 15 is 0 Å². The number of piperazine rings is 1. The lowest BCUT2D eigenvalue weighted by atomic mass is 10.2. The van der Waals surface area contributed by atoms with Gasteiger partial charge in [-0.05, 0) is 6.92 Å². The SMILES string of the molecule is CCOC(=O)CCC(=O)CN1CCNCC1. The van der Waals surface area contributed by atoms with Crippen LogP contribution in [0.3, 0.4) is 0 Å². The summed E-state index contributed by atoms with van der Waals surface area (Å²) in [5, 5.41) is 3.23. The summed E-state index contributed by atoms with van der Waals surface area (Å²) in [7, 11) is 0. The third-order valence-electron chi connectivity index (χ3n) is 2.52. The van der Waals surface area contributed by atoms with Crippen LogP contribution in [-0.4, -0.2) is 56.0 Å². The zero-order valence-electron chi connectivity index (χ0n) is 9.83. The van der Waals surface area contributed by atoms with Crippen molar-refractivity contribution in [3.05, 3.63) is 0 Å². The van der Waals surface area contributed by atoms with Gasteiger partial charge in [-0.1, -0.05) is 0 Å². The minimum Gasteiger partial charge on any atom is -0.466 e. The standard InChI is InChI=1S/C11H20N2O3/c1-2-16-11(15)4-3-10(14)9-13-7-5-12-6-8-13/h12H,2-9H2,1H3. The van der Waals surface area contributed by atoms with Crippen LogP contribution in [-0.2, 0) is 14.3 Å². The first-order chi connectivity index (χ1) is 7.72. The quantitative estimate of drug-likeness (QED) is 0.638. The first-order valence-electron chi connectivity index (χ1n) is 5.82. The van der Waals surface area contributed by atoms with E-state index in [1.165, 1.54) is 0 Å². The summed E-state index contributed by atoms with van der Waals surface area (Å²) in [5.41, 5.74) is 0. The Labute approximate surface area is 96.1 Å². The van der Waals surface area contributed by atoms with Gasteiger partial charge in [-0.2, -0.15) is 0 Å². The smallest absolute Gasteiger partial charge is 0.306 e. The van der Waals surface area contributed by atoms with Gasteiger partial charge in [0.05, 0.1) is 19.6 Å². The fourth-order valence-corrected chi connectivity index (χ4v) is 1.67. The molecule has 0 spiro atoms. The molecule has 0 amide bonds. The van der Waals surface area contributed by atoms with Crippen LogP contribution < -0.4 is 5.32 Å². The summed E-state index contributed by atoms with van der Waals surface area (Å²) in [5.74, 6) is -0.161. The Bertz CT molecular complexity index is 237. The van der Waals surface area contributed by atoms with E-state index in [9.17, 15) is 9.59 Å². The van der Waals surface area contributed by atoms with E-state index in [-0.39, 0.29) is 18.2 Å². The molecule has 0 aromatic heterocycles. The normalized spacial score (nSPS) is 17.1. The number of nitrogens with zero attached hydrogens (tertiary/aromatic N) is 1. The van der Waals surface area contributed by atoms with Crippen molar-refractivity contribution in [1.82, 2.24) is 10.2 Å². The molecule has 0 aromatic carbocycles. The summed E-state index contributed by atoms with van der Waals surface area (Å²) < 4.78 is 4.77. The number of nitrogens with one attached hydrogen (secondary N) is 1. The summed E-state index contributed by atoms with van der Waals surface area (Å²) in [6.45, 7) is 6.29. The Kier molecular flexibility index (Phi) is 6.03. The third kappa shape index (κ3) is 5.23. The van der Waals surface area contributed by atoms with Crippen molar-refractivity contribution in [3.63, 3.8) is 0 Å². The lowest BCUT2D eigenvalue weighted by Gasteiger charge is -2.26. The van der Waals surface area contributed by atoms with Gasteiger partial charge in [0.1, 0.15) is 5.78 Å². The summed E-state index contributed by atoms with van der Waals surface area (Å²) in [6.07, 6.45) is 0.502. The molecule has 0 atom stereocenters. The van der Waals surface area contributed by atoms with Gasteiger partial charge in [0.2, 0.25) is 0 Å². The van der Waals surface area contributed by atoms with Gasteiger partial charge in [-0.3, -0.25) is 14.5 Å². The van der Waals surface area contributed by atoms with Crippen molar-refractivity contribution in [1.29, 1.82) is 0 Å². The summed E-state index contributed by atoms with van der Waals surface area (Å²) in [4.78, 5) is 24.7. The van der Waals surface area contributed by atoms with Crippen molar-refractivity contribution >= 4 is 11.8 Å². The highest BCUT2D eigenvalue weighted by atomic mass is 16.5. The fourth-order valence-electron chi connectivity index (χ4n) is 1.67. The molecule has 5 heteroatoms. The van der Waals surface area contributed by atoms with Crippen LogP contribution in [0, 0.1) is 0 Å². The second-order valence-electron chi connectivity index (χ2n) is 3.87. The maximum atomic E-state index is 11.6. The second-order valence-corrected chi connectivity index (χ2v) is 3.87. The van der Waals surface area contributed by atoms with Gasteiger partial charge in [0, 0.05) is 32.6 Å². The van der Waals surface area contributed by atoms with Crippen LogP contribution in [0.1, 0.15) is 19.8 Å². The monoisotopic (exact) mass is 228 g/mol. The molecule has 16 heavy (non-hydrogen) atoms. The highest BCUT2D eigenvalue weighted by molar-refractivity contribution is 5.84. The lowest BCUT2D eigenvalue weighted by Crippen LogP contribution is -2.45. The minimum absolute atomic E-state index is 0.120. The summed E-state index contributed by atoms with van der Waals surface area (Å²) in [6, 6.07) is 0. The number of esters is 1. The Morgan fingerprint density at radius 1 is 1.25 bits per heavy atom. The molecule has 1 rings (SSSR count). The molecule has 0 unspecified atom stereocenters. The molecule has 0 aromatic rings. The number of ketones is 1. The van der Waals surface area contributed by atoms with E-state index in [1.54, 1.807) is 6.92 Å². The van der Waals surface area contributed by atoms with Crippen LogP contribution in [0.4, 0.5) is 0 Å². The minimum atomic E-state index is -0.281. The first-order valence-corrected chi connectivity index (χ1v) is 5.82. The molecule has 1 saturated heterocycles. The number of carbonyl (C=O) groups excluding carboxylic acids is 2. The molecule has 0 aliphatic carbocycles. The van der Waals surface area contributed by atoms with Crippen LogP contribution in [0.5, 0.6) is 0 Å². The van der Waals surface area contributed by atoms with Gasteiger partial charge in [0.15, 0.2) is 0 Å². The Morgan fingerprint density at radius 3 is 2.56 bits per heavy atom. The largest absolute Gasteiger partial charge is 0.466 e. The van der Waals surface area contributed by atoms with E-state index in [0.29, 0.717) is 19.6 Å². The highest BCUT2D eigenvalue weighted by Gasteiger charge is 2.14. The molecular formula is C11H20N2O3. The van der Waals surface area contributed by atoms with Crippen molar-refractivity contribution in [2.45, 2.75) is 19.8 Å². The molecule has 1 aliphatic rings. The average Bonchev–Trinajstić information content (AvgIpc) is 2.28. The molecule has 5 nitrogen and oxygen atoms in total. The third-order valence-corrected chi connectivity index (χ3v) is 2.52. The number of rotatable bonds is 6. The second kappa shape index (κ2) is 7.35. The van der Waals surface area contributed by atoms with E-state index in [2.05, 4.69) is 10.2 Å². The molecule has 1 N–H and O–H groups in total. The molecular weight excluding hydrogens is 208 g/mol. The Balaban J connectivity index is 2.12. The molecule has 0 bridgehead atoms. The molecule has 92 valence electrons. The molecule has 1 heterocycles. The lowest BCUT2D eigenvalue weighted by molar-refractivity contribution is -0.144. The van der Waals surface area contributed by atoms with Gasteiger partial charge in [-0.15, -0.1) is 0 Å². The predicted molar refractivity (Wildman–Crippen MR) is 60.2 cm³/mol. The average molecular weight is 228 g/mol. The van der Waals surface area contributed by atoms with E-state index in [4.69, 9.17) is 4.74 Å². The maximum absolute atomic E-state index is 11.6. The van der Waals surface area contributed by atoms with Crippen LogP contribution in [0.25, 0.3) is 0 Å².